The van der Waals surface area contributed by atoms with Gasteiger partial charge in [-0.15, -0.1) is 11.3 Å². The van der Waals surface area contributed by atoms with Gasteiger partial charge in [0, 0.05) is 44.7 Å². The SMILES string of the molecule is COCCCNC(=O)C1CCN(C(=O)c2cnc(C(C)(C)C)s2)CC1. The molecule has 0 bridgehead atoms. The second-order valence-electron chi connectivity index (χ2n) is 7.48. The number of aromatic nitrogens is 1. The van der Waals surface area contributed by atoms with Crippen LogP contribution in [0, 0.1) is 5.92 Å². The maximum Gasteiger partial charge on any atom is 0.265 e. The average molecular weight is 368 g/mol. The summed E-state index contributed by atoms with van der Waals surface area (Å²) < 4.78 is 4.97. The molecule has 1 N–H and O–H groups in total. The van der Waals surface area contributed by atoms with E-state index in [9.17, 15) is 9.59 Å². The standard InChI is InChI=1S/C18H29N3O3S/c1-18(2,3)17-20-12-14(25-17)16(23)21-9-6-13(7-10-21)15(22)19-8-5-11-24-4/h12-13H,5-11H2,1-4H3,(H,19,22). The van der Waals surface area contributed by atoms with Gasteiger partial charge in [-0.2, -0.15) is 0 Å². The van der Waals surface area contributed by atoms with E-state index in [1.807, 2.05) is 4.90 Å². The number of carbonyl (C=O) groups excluding carboxylic acids is 2. The van der Waals surface area contributed by atoms with Crippen LogP contribution >= 0.6 is 11.3 Å². The molecule has 2 heterocycles. The number of likely N-dealkylation sites (tertiary alicyclic amines) is 1. The van der Waals surface area contributed by atoms with Crippen molar-refractivity contribution in [3.8, 4) is 0 Å². The van der Waals surface area contributed by atoms with Crippen LogP contribution in [-0.4, -0.2) is 55.0 Å². The van der Waals surface area contributed by atoms with Gasteiger partial charge in [0.2, 0.25) is 5.91 Å². The van der Waals surface area contributed by atoms with Gasteiger partial charge in [0.15, 0.2) is 0 Å². The Morgan fingerprint density at radius 2 is 2.04 bits per heavy atom. The summed E-state index contributed by atoms with van der Waals surface area (Å²) in [4.78, 5) is 31.7. The molecule has 0 unspecified atom stereocenters. The number of hydrogen-bond donors (Lipinski definition) is 1. The summed E-state index contributed by atoms with van der Waals surface area (Å²) in [5.41, 5.74) is -0.0445. The van der Waals surface area contributed by atoms with Gasteiger partial charge in [0.25, 0.3) is 5.91 Å². The summed E-state index contributed by atoms with van der Waals surface area (Å²) in [6, 6.07) is 0. The highest BCUT2D eigenvalue weighted by Crippen LogP contribution is 2.28. The van der Waals surface area contributed by atoms with E-state index in [1.165, 1.54) is 11.3 Å². The Morgan fingerprint density at radius 3 is 2.60 bits per heavy atom. The van der Waals surface area contributed by atoms with Crippen molar-refractivity contribution in [2.45, 2.75) is 45.4 Å². The Hall–Kier alpha value is -1.47. The molecule has 1 aromatic rings. The van der Waals surface area contributed by atoms with Crippen molar-refractivity contribution in [2.75, 3.05) is 33.4 Å². The zero-order valence-electron chi connectivity index (χ0n) is 15.6. The smallest absolute Gasteiger partial charge is 0.265 e. The van der Waals surface area contributed by atoms with E-state index in [-0.39, 0.29) is 23.1 Å². The molecule has 2 amide bonds. The van der Waals surface area contributed by atoms with E-state index in [4.69, 9.17) is 4.74 Å². The molecule has 1 saturated heterocycles. The lowest BCUT2D eigenvalue weighted by molar-refractivity contribution is -0.126. The van der Waals surface area contributed by atoms with E-state index in [0.717, 1.165) is 11.4 Å². The van der Waals surface area contributed by atoms with Crippen molar-refractivity contribution < 1.29 is 14.3 Å². The third-order valence-electron chi connectivity index (χ3n) is 4.34. The average Bonchev–Trinajstić information content (AvgIpc) is 3.08. The van der Waals surface area contributed by atoms with Crippen molar-refractivity contribution in [1.29, 1.82) is 0 Å². The van der Waals surface area contributed by atoms with Gasteiger partial charge >= 0.3 is 0 Å². The fourth-order valence-corrected chi connectivity index (χ4v) is 3.73. The Balaban J connectivity index is 1.82. The number of carbonyl (C=O) groups is 2. The minimum absolute atomic E-state index is 0.00167. The summed E-state index contributed by atoms with van der Waals surface area (Å²) in [6.45, 7) is 8.82. The maximum absolute atomic E-state index is 12.6. The molecule has 6 nitrogen and oxygen atoms in total. The predicted octanol–water partition coefficient (Wildman–Crippen LogP) is 2.45. The van der Waals surface area contributed by atoms with Crippen LogP contribution < -0.4 is 5.32 Å². The Labute approximate surface area is 154 Å². The van der Waals surface area contributed by atoms with Gasteiger partial charge in [-0.3, -0.25) is 9.59 Å². The zero-order chi connectivity index (χ0) is 18.4. The number of thiazole rings is 1. The van der Waals surface area contributed by atoms with Crippen LogP contribution in [0.3, 0.4) is 0 Å². The highest BCUT2D eigenvalue weighted by Gasteiger charge is 2.29. The summed E-state index contributed by atoms with van der Waals surface area (Å²) in [5.74, 6) is 0.126. The van der Waals surface area contributed by atoms with E-state index in [0.29, 0.717) is 44.0 Å². The van der Waals surface area contributed by atoms with Crippen molar-refractivity contribution >= 4 is 23.2 Å². The molecule has 0 aliphatic carbocycles. The first kappa shape index (κ1) is 19.8. The predicted molar refractivity (Wildman–Crippen MR) is 98.9 cm³/mol. The lowest BCUT2D eigenvalue weighted by Gasteiger charge is -2.31. The normalized spacial score (nSPS) is 16.1. The molecule has 0 radical (unpaired) electrons. The third kappa shape index (κ3) is 5.51. The van der Waals surface area contributed by atoms with Gasteiger partial charge in [-0.1, -0.05) is 20.8 Å². The molecule has 140 valence electrons. The van der Waals surface area contributed by atoms with Crippen molar-refractivity contribution in [3.05, 3.63) is 16.1 Å². The van der Waals surface area contributed by atoms with E-state index < -0.39 is 0 Å². The first-order valence-corrected chi connectivity index (χ1v) is 9.67. The van der Waals surface area contributed by atoms with E-state index >= 15 is 0 Å². The van der Waals surface area contributed by atoms with Crippen LogP contribution in [0.2, 0.25) is 0 Å². The van der Waals surface area contributed by atoms with Crippen LogP contribution in [0.5, 0.6) is 0 Å². The molecular weight excluding hydrogens is 338 g/mol. The monoisotopic (exact) mass is 367 g/mol. The Bertz CT molecular complexity index is 587. The van der Waals surface area contributed by atoms with E-state index in [2.05, 4.69) is 31.1 Å². The van der Waals surface area contributed by atoms with Gasteiger partial charge < -0.3 is 15.0 Å². The summed E-state index contributed by atoms with van der Waals surface area (Å²) in [7, 11) is 1.65. The summed E-state index contributed by atoms with van der Waals surface area (Å²) in [5, 5.41) is 3.93. The quantitative estimate of drug-likeness (QED) is 0.784. The molecule has 0 aromatic carbocycles. The Kier molecular flexibility index (Phi) is 6.95. The van der Waals surface area contributed by atoms with Crippen LogP contribution in [0.1, 0.15) is 54.7 Å². The van der Waals surface area contributed by atoms with E-state index in [1.54, 1.807) is 13.3 Å². The maximum atomic E-state index is 12.6. The highest BCUT2D eigenvalue weighted by molar-refractivity contribution is 7.13. The third-order valence-corrected chi connectivity index (χ3v) is 5.75. The molecule has 25 heavy (non-hydrogen) atoms. The second-order valence-corrected chi connectivity index (χ2v) is 8.51. The molecule has 0 saturated carbocycles. The first-order valence-electron chi connectivity index (χ1n) is 8.85. The second kappa shape index (κ2) is 8.76. The number of amides is 2. The highest BCUT2D eigenvalue weighted by atomic mass is 32.1. The molecule has 1 aliphatic rings. The van der Waals surface area contributed by atoms with Crippen molar-refractivity contribution in [1.82, 2.24) is 15.2 Å². The fourth-order valence-electron chi connectivity index (χ4n) is 2.79. The van der Waals surface area contributed by atoms with Gasteiger partial charge in [0.05, 0.1) is 11.2 Å². The molecule has 2 rings (SSSR count). The van der Waals surface area contributed by atoms with Gasteiger partial charge in [-0.25, -0.2) is 4.98 Å². The number of hydrogen-bond acceptors (Lipinski definition) is 5. The summed E-state index contributed by atoms with van der Waals surface area (Å²) in [6.07, 6.45) is 3.93. The number of ether oxygens (including phenoxy) is 1. The van der Waals surface area contributed by atoms with Crippen molar-refractivity contribution in [3.63, 3.8) is 0 Å². The zero-order valence-corrected chi connectivity index (χ0v) is 16.4. The molecule has 1 aromatic heterocycles. The number of nitrogens with zero attached hydrogens (tertiary/aromatic N) is 2. The molecule has 1 aliphatic heterocycles. The minimum Gasteiger partial charge on any atom is -0.385 e. The first-order chi connectivity index (χ1) is 11.8. The van der Waals surface area contributed by atoms with Crippen molar-refractivity contribution in [2.24, 2.45) is 5.92 Å². The molecule has 7 heteroatoms. The Morgan fingerprint density at radius 1 is 1.36 bits per heavy atom. The fraction of sp³-hybridized carbons (Fsp3) is 0.722. The van der Waals surface area contributed by atoms with Crippen LogP contribution in [-0.2, 0) is 14.9 Å². The molecule has 0 atom stereocenters. The van der Waals surface area contributed by atoms with Gasteiger partial charge in [0.1, 0.15) is 4.88 Å². The lowest BCUT2D eigenvalue weighted by atomic mass is 9.96. The molecule has 0 spiro atoms. The van der Waals surface area contributed by atoms with Crippen LogP contribution in [0.15, 0.2) is 6.20 Å². The van der Waals surface area contributed by atoms with Crippen LogP contribution in [0.4, 0.5) is 0 Å². The molecule has 1 fully saturated rings. The summed E-state index contributed by atoms with van der Waals surface area (Å²) >= 11 is 1.47. The van der Waals surface area contributed by atoms with Crippen LogP contribution in [0.25, 0.3) is 0 Å². The number of rotatable bonds is 6. The largest absolute Gasteiger partial charge is 0.385 e. The molecular formula is C18H29N3O3S. The van der Waals surface area contributed by atoms with Gasteiger partial charge in [-0.05, 0) is 19.3 Å². The minimum atomic E-state index is -0.0445. The topological polar surface area (TPSA) is 71.5 Å². The lowest BCUT2D eigenvalue weighted by Crippen LogP contribution is -2.43. The number of methoxy groups -OCH3 is 1. The number of nitrogens with one attached hydrogen (secondary N) is 1. The number of piperidine rings is 1.